The summed E-state index contributed by atoms with van der Waals surface area (Å²) < 4.78 is 2.23. The summed E-state index contributed by atoms with van der Waals surface area (Å²) in [5.41, 5.74) is 6.02. The van der Waals surface area contributed by atoms with Crippen molar-refractivity contribution in [2.75, 3.05) is 0 Å². The summed E-state index contributed by atoms with van der Waals surface area (Å²) in [6.45, 7) is 17.2. The van der Waals surface area contributed by atoms with Crippen molar-refractivity contribution in [3.8, 4) is 5.69 Å². The zero-order valence-electron chi connectivity index (χ0n) is 13.8. The summed E-state index contributed by atoms with van der Waals surface area (Å²) in [6, 6.07) is 10.3. The molecule has 0 aliphatic heterocycles. The van der Waals surface area contributed by atoms with E-state index in [1.165, 1.54) is 16.8 Å². The van der Waals surface area contributed by atoms with Crippen LogP contribution in [0.4, 0.5) is 0 Å². The van der Waals surface area contributed by atoms with Gasteiger partial charge in [0, 0.05) is 17.1 Å². The lowest BCUT2D eigenvalue weighted by atomic mass is 10.1. The Morgan fingerprint density at radius 2 is 1.45 bits per heavy atom. The molecule has 1 heteroatoms. The molecule has 0 unspecified atom stereocenters. The molecule has 0 N–H and O–H groups in total. The Kier molecular flexibility index (Phi) is 6.91. The Hall–Kier alpha value is -2.54. The molecule has 1 heterocycles. The standard InChI is InChI=1S/C18H19N.C3H6/c1-5-7-13-18-15(4)14(3)17(6-2)19(18)16-11-9-8-10-12-16;1-3-2/h5-13H,1-2H2,3-4H3;3H,1H2,2H3/b13-7-;. The Bertz CT molecular complexity index is 670. The molecule has 1 aromatic heterocycles. The Balaban J connectivity index is 0.000000745. The highest BCUT2D eigenvalue weighted by atomic mass is 15.0. The van der Waals surface area contributed by atoms with Crippen LogP contribution in [-0.4, -0.2) is 4.57 Å². The Morgan fingerprint density at radius 1 is 0.909 bits per heavy atom. The predicted molar refractivity (Wildman–Crippen MR) is 100 cm³/mol. The smallest absolute Gasteiger partial charge is 0.0494 e. The van der Waals surface area contributed by atoms with E-state index in [4.69, 9.17) is 0 Å². The van der Waals surface area contributed by atoms with Gasteiger partial charge in [-0.25, -0.2) is 0 Å². The van der Waals surface area contributed by atoms with Crippen LogP contribution in [0.5, 0.6) is 0 Å². The number of benzene rings is 1. The molecule has 0 atom stereocenters. The first-order valence-corrected chi connectivity index (χ1v) is 7.38. The third kappa shape index (κ3) is 3.76. The lowest BCUT2D eigenvalue weighted by Crippen LogP contribution is -1.99. The third-order valence-corrected chi connectivity index (χ3v) is 3.41. The van der Waals surface area contributed by atoms with Crippen LogP contribution >= 0.6 is 0 Å². The van der Waals surface area contributed by atoms with Crippen LogP contribution in [0.15, 0.2) is 68.3 Å². The highest BCUT2D eigenvalue weighted by molar-refractivity contribution is 5.66. The van der Waals surface area contributed by atoms with E-state index < -0.39 is 0 Å². The number of rotatable bonds is 4. The molecule has 0 saturated carbocycles. The number of allylic oxidation sites excluding steroid dienone is 3. The van der Waals surface area contributed by atoms with E-state index in [1.54, 1.807) is 12.2 Å². The first kappa shape index (κ1) is 17.5. The monoisotopic (exact) mass is 291 g/mol. The lowest BCUT2D eigenvalue weighted by molar-refractivity contribution is 1.04. The fourth-order valence-corrected chi connectivity index (χ4v) is 2.31. The minimum Gasteiger partial charge on any atom is -0.310 e. The third-order valence-electron chi connectivity index (χ3n) is 3.41. The highest BCUT2D eigenvalue weighted by Crippen LogP contribution is 2.27. The molecule has 0 spiro atoms. The van der Waals surface area contributed by atoms with Gasteiger partial charge in [0.1, 0.15) is 0 Å². The van der Waals surface area contributed by atoms with Crippen molar-refractivity contribution in [3.63, 3.8) is 0 Å². The summed E-state index contributed by atoms with van der Waals surface area (Å²) in [5.74, 6) is 0. The molecule has 0 aliphatic rings. The maximum Gasteiger partial charge on any atom is 0.0494 e. The maximum absolute atomic E-state index is 3.95. The molecule has 0 saturated heterocycles. The van der Waals surface area contributed by atoms with Crippen molar-refractivity contribution >= 4 is 12.2 Å². The van der Waals surface area contributed by atoms with Gasteiger partial charge in [-0.15, -0.1) is 6.58 Å². The van der Waals surface area contributed by atoms with Gasteiger partial charge in [0.05, 0.1) is 0 Å². The largest absolute Gasteiger partial charge is 0.310 e. The summed E-state index contributed by atoms with van der Waals surface area (Å²) in [5, 5.41) is 0. The van der Waals surface area contributed by atoms with E-state index in [9.17, 15) is 0 Å². The fraction of sp³-hybridized carbons (Fsp3) is 0.143. The molecule has 0 radical (unpaired) electrons. The number of nitrogens with zero attached hydrogens (tertiary/aromatic N) is 1. The van der Waals surface area contributed by atoms with E-state index in [0.717, 1.165) is 11.4 Å². The van der Waals surface area contributed by atoms with E-state index in [-0.39, 0.29) is 0 Å². The van der Waals surface area contributed by atoms with Gasteiger partial charge in [0.2, 0.25) is 0 Å². The minimum absolute atomic E-state index is 1.15. The summed E-state index contributed by atoms with van der Waals surface area (Å²) in [6.07, 6.45) is 9.52. The summed E-state index contributed by atoms with van der Waals surface area (Å²) >= 11 is 0. The van der Waals surface area contributed by atoms with Gasteiger partial charge in [-0.3, -0.25) is 0 Å². The number of hydrogen-bond donors (Lipinski definition) is 0. The molecule has 0 fully saturated rings. The predicted octanol–water partition coefficient (Wildman–Crippen LogP) is 6.13. The van der Waals surface area contributed by atoms with Crippen LogP contribution in [0.25, 0.3) is 17.8 Å². The minimum atomic E-state index is 1.15. The zero-order valence-corrected chi connectivity index (χ0v) is 13.8. The number of aromatic nitrogens is 1. The van der Waals surface area contributed by atoms with Crippen molar-refractivity contribution in [1.82, 2.24) is 4.57 Å². The van der Waals surface area contributed by atoms with Gasteiger partial charge >= 0.3 is 0 Å². The number of para-hydroxylation sites is 1. The van der Waals surface area contributed by atoms with Crippen LogP contribution in [-0.2, 0) is 0 Å². The molecule has 1 nitrogen and oxygen atoms in total. The van der Waals surface area contributed by atoms with Gasteiger partial charge in [-0.05, 0) is 56.2 Å². The van der Waals surface area contributed by atoms with Gasteiger partial charge in [-0.2, -0.15) is 0 Å². The highest BCUT2D eigenvalue weighted by Gasteiger charge is 2.14. The summed E-state index contributed by atoms with van der Waals surface area (Å²) in [7, 11) is 0. The Morgan fingerprint density at radius 3 is 1.95 bits per heavy atom. The molecule has 0 aliphatic carbocycles. The van der Waals surface area contributed by atoms with Crippen molar-refractivity contribution in [3.05, 3.63) is 90.8 Å². The van der Waals surface area contributed by atoms with Gasteiger partial charge in [0.25, 0.3) is 0 Å². The van der Waals surface area contributed by atoms with Crippen molar-refractivity contribution < 1.29 is 0 Å². The molecule has 2 rings (SSSR count). The average molecular weight is 291 g/mol. The molecule has 1 aromatic carbocycles. The molecule has 114 valence electrons. The topological polar surface area (TPSA) is 4.93 Å². The Labute approximate surface area is 134 Å². The molecule has 0 amide bonds. The number of hydrogen-bond acceptors (Lipinski definition) is 0. The molecular weight excluding hydrogens is 266 g/mol. The molecular formula is C21H25N. The van der Waals surface area contributed by atoms with E-state index >= 15 is 0 Å². The van der Waals surface area contributed by atoms with Crippen molar-refractivity contribution in [1.29, 1.82) is 0 Å². The van der Waals surface area contributed by atoms with Crippen LogP contribution in [0.1, 0.15) is 29.4 Å². The van der Waals surface area contributed by atoms with Crippen LogP contribution < -0.4 is 0 Å². The van der Waals surface area contributed by atoms with Gasteiger partial charge in [0.15, 0.2) is 0 Å². The quantitative estimate of drug-likeness (QED) is 0.472. The van der Waals surface area contributed by atoms with Gasteiger partial charge < -0.3 is 4.57 Å². The zero-order chi connectivity index (χ0) is 16.5. The van der Waals surface area contributed by atoms with Crippen molar-refractivity contribution in [2.24, 2.45) is 0 Å². The molecule has 0 bridgehead atoms. The second kappa shape index (κ2) is 8.68. The second-order valence-electron chi connectivity index (χ2n) is 4.90. The van der Waals surface area contributed by atoms with Crippen LogP contribution in [0.3, 0.4) is 0 Å². The van der Waals surface area contributed by atoms with E-state index in [1.807, 2.05) is 37.3 Å². The lowest BCUT2D eigenvalue weighted by Gasteiger charge is -2.10. The summed E-state index contributed by atoms with van der Waals surface area (Å²) in [4.78, 5) is 0. The molecule has 22 heavy (non-hydrogen) atoms. The second-order valence-corrected chi connectivity index (χ2v) is 4.90. The average Bonchev–Trinajstić information content (AvgIpc) is 2.78. The first-order valence-electron chi connectivity index (χ1n) is 7.38. The normalized spacial score (nSPS) is 9.95. The fourth-order valence-electron chi connectivity index (χ4n) is 2.31. The first-order chi connectivity index (χ1) is 10.6. The van der Waals surface area contributed by atoms with E-state index in [0.29, 0.717) is 0 Å². The SMILES string of the molecule is C=C/C=C\c1c(C)c(C)c(C=C)n1-c1ccccc1.C=CC. The van der Waals surface area contributed by atoms with Crippen LogP contribution in [0.2, 0.25) is 0 Å². The van der Waals surface area contributed by atoms with Crippen molar-refractivity contribution in [2.45, 2.75) is 20.8 Å². The maximum atomic E-state index is 3.95. The molecule has 2 aromatic rings. The van der Waals surface area contributed by atoms with Crippen LogP contribution in [0, 0.1) is 13.8 Å². The van der Waals surface area contributed by atoms with E-state index in [2.05, 4.69) is 56.4 Å². The van der Waals surface area contributed by atoms with Gasteiger partial charge in [-0.1, -0.05) is 49.6 Å².